The topological polar surface area (TPSA) is 36.3 Å². The van der Waals surface area contributed by atoms with Crippen LogP contribution in [0.15, 0.2) is 0 Å². The Hall–Kier alpha value is -1.14. The summed E-state index contributed by atoms with van der Waals surface area (Å²) in [5, 5.41) is 9.10. The Kier molecular flexibility index (Phi) is 5.76. The zero-order chi connectivity index (χ0) is 17.1. The van der Waals surface area contributed by atoms with Crippen LogP contribution in [0.4, 0.5) is 0 Å². The van der Waals surface area contributed by atoms with Gasteiger partial charge in [-0.2, -0.15) is 5.10 Å². The lowest BCUT2D eigenvalue weighted by Gasteiger charge is -2.37. The molecule has 3 rings (SSSR count). The average Bonchev–Trinajstić information content (AvgIpc) is 2.83. The van der Waals surface area contributed by atoms with Crippen LogP contribution in [-0.4, -0.2) is 56.9 Å². The van der Waals surface area contributed by atoms with Crippen LogP contribution < -0.4 is 5.32 Å². The fourth-order valence-electron chi connectivity index (χ4n) is 3.89. The highest BCUT2D eigenvalue weighted by Gasteiger charge is 2.23. The number of thiocarbonyl (C=S) groups is 1. The monoisotopic (exact) mass is 349 g/mol. The van der Waals surface area contributed by atoms with E-state index in [1.807, 2.05) is 11.7 Å². The first-order chi connectivity index (χ1) is 11.5. The Morgan fingerprint density at radius 2 is 1.79 bits per heavy atom. The molecule has 1 aromatic rings. The van der Waals surface area contributed by atoms with Gasteiger partial charge in [-0.05, 0) is 38.9 Å². The lowest BCUT2D eigenvalue weighted by molar-refractivity contribution is 0.172. The standard InChI is InChI=1S/C18H31N5S/c1-14-17(15(2)21(3)20-14)13-22-9-11-23(12-10-22)18(24)19-16-7-5-4-6-8-16/h16H,4-13H2,1-3H3,(H,19,24). The van der Waals surface area contributed by atoms with Gasteiger partial charge < -0.3 is 10.2 Å². The second kappa shape index (κ2) is 7.83. The van der Waals surface area contributed by atoms with Gasteiger partial charge in [0, 0.05) is 57.1 Å². The molecule has 6 heteroatoms. The predicted molar refractivity (Wildman–Crippen MR) is 102 cm³/mol. The van der Waals surface area contributed by atoms with Gasteiger partial charge in [0.15, 0.2) is 5.11 Å². The molecule has 134 valence electrons. The van der Waals surface area contributed by atoms with E-state index in [1.165, 1.54) is 43.4 Å². The number of hydrogen-bond acceptors (Lipinski definition) is 3. The lowest BCUT2D eigenvalue weighted by Crippen LogP contribution is -2.53. The summed E-state index contributed by atoms with van der Waals surface area (Å²) >= 11 is 5.65. The third kappa shape index (κ3) is 4.09. The first-order valence-corrected chi connectivity index (χ1v) is 9.72. The summed E-state index contributed by atoms with van der Waals surface area (Å²) in [5.41, 5.74) is 3.82. The molecule has 1 aliphatic heterocycles. The quantitative estimate of drug-likeness (QED) is 0.848. The van der Waals surface area contributed by atoms with Crippen molar-refractivity contribution in [3.8, 4) is 0 Å². The van der Waals surface area contributed by atoms with E-state index in [1.54, 1.807) is 0 Å². The summed E-state index contributed by atoms with van der Waals surface area (Å²) in [6, 6.07) is 0.602. The van der Waals surface area contributed by atoms with Gasteiger partial charge in [-0.3, -0.25) is 9.58 Å². The Morgan fingerprint density at radius 1 is 1.12 bits per heavy atom. The van der Waals surface area contributed by atoms with Crippen LogP contribution in [0.5, 0.6) is 0 Å². The third-order valence-electron chi connectivity index (χ3n) is 5.63. The second-order valence-corrected chi connectivity index (χ2v) is 7.71. The van der Waals surface area contributed by atoms with Gasteiger partial charge in [0.2, 0.25) is 0 Å². The number of nitrogens with zero attached hydrogens (tertiary/aromatic N) is 4. The molecule has 0 unspecified atom stereocenters. The molecule has 2 aliphatic rings. The highest BCUT2D eigenvalue weighted by atomic mass is 32.1. The summed E-state index contributed by atoms with van der Waals surface area (Å²) in [5.74, 6) is 0. The molecule has 1 aromatic heterocycles. The molecular formula is C18H31N5S. The molecule has 0 atom stereocenters. The molecule has 0 amide bonds. The first-order valence-electron chi connectivity index (χ1n) is 9.31. The zero-order valence-electron chi connectivity index (χ0n) is 15.3. The molecule has 1 saturated carbocycles. The van der Waals surface area contributed by atoms with Crippen LogP contribution >= 0.6 is 12.2 Å². The molecule has 0 aromatic carbocycles. The second-order valence-electron chi connectivity index (χ2n) is 7.32. The van der Waals surface area contributed by atoms with Crippen molar-refractivity contribution in [2.45, 2.75) is 58.5 Å². The van der Waals surface area contributed by atoms with Crippen molar-refractivity contribution in [1.82, 2.24) is 24.9 Å². The van der Waals surface area contributed by atoms with Gasteiger partial charge in [0.1, 0.15) is 0 Å². The smallest absolute Gasteiger partial charge is 0.169 e. The Labute approximate surface area is 151 Å². The molecule has 0 radical (unpaired) electrons. The SMILES string of the molecule is Cc1nn(C)c(C)c1CN1CCN(C(=S)NC2CCCCC2)CC1. The molecule has 1 aliphatic carbocycles. The summed E-state index contributed by atoms with van der Waals surface area (Å²) in [4.78, 5) is 4.88. The van der Waals surface area contributed by atoms with Crippen molar-refractivity contribution in [1.29, 1.82) is 0 Å². The number of piperazine rings is 1. The molecule has 1 N–H and O–H groups in total. The van der Waals surface area contributed by atoms with Crippen LogP contribution in [0.2, 0.25) is 0 Å². The van der Waals surface area contributed by atoms with Crippen LogP contribution in [0.25, 0.3) is 0 Å². The van der Waals surface area contributed by atoms with E-state index in [9.17, 15) is 0 Å². The van der Waals surface area contributed by atoms with Crippen LogP contribution in [0, 0.1) is 13.8 Å². The van der Waals surface area contributed by atoms with E-state index < -0.39 is 0 Å². The first kappa shape index (κ1) is 17.7. The van der Waals surface area contributed by atoms with E-state index in [-0.39, 0.29) is 0 Å². The van der Waals surface area contributed by atoms with Gasteiger partial charge >= 0.3 is 0 Å². The molecule has 5 nitrogen and oxygen atoms in total. The van der Waals surface area contributed by atoms with Gasteiger partial charge in [-0.25, -0.2) is 0 Å². The van der Waals surface area contributed by atoms with Crippen molar-refractivity contribution < 1.29 is 0 Å². The van der Waals surface area contributed by atoms with Gasteiger partial charge in [-0.1, -0.05) is 19.3 Å². The highest BCUT2D eigenvalue weighted by molar-refractivity contribution is 7.80. The van der Waals surface area contributed by atoms with Crippen LogP contribution in [0.1, 0.15) is 49.1 Å². The summed E-state index contributed by atoms with van der Waals surface area (Å²) in [6.45, 7) is 9.47. The van der Waals surface area contributed by atoms with Crippen molar-refractivity contribution in [2.24, 2.45) is 7.05 Å². The van der Waals surface area contributed by atoms with E-state index in [4.69, 9.17) is 12.2 Å². The van der Waals surface area contributed by atoms with Crippen molar-refractivity contribution in [3.05, 3.63) is 17.0 Å². The number of aromatic nitrogens is 2. The molecule has 2 heterocycles. The number of aryl methyl sites for hydroxylation is 2. The van der Waals surface area contributed by atoms with Crippen LogP contribution in [0.3, 0.4) is 0 Å². The number of hydrogen-bond donors (Lipinski definition) is 1. The maximum atomic E-state index is 5.65. The van der Waals surface area contributed by atoms with Crippen LogP contribution in [-0.2, 0) is 13.6 Å². The van der Waals surface area contributed by atoms with E-state index in [0.29, 0.717) is 6.04 Å². The maximum absolute atomic E-state index is 5.65. The minimum Gasteiger partial charge on any atom is -0.360 e. The van der Waals surface area contributed by atoms with Crippen molar-refractivity contribution in [2.75, 3.05) is 26.2 Å². The Morgan fingerprint density at radius 3 is 2.38 bits per heavy atom. The fourth-order valence-corrected chi connectivity index (χ4v) is 4.24. The van der Waals surface area contributed by atoms with Gasteiger partial charge in [0.05, 0.1) is 5.69 Å². The van der Waals surface area contributed by atoms with Gasteiger partial charge in [-0.15, -0.1) is 0 Å². The summed E-state index contributed by atoms with van der Waals surface area (Å²) in [7, 11) is 2.03. The number of rotatable bonds is 3. The third-order valence-corrected chi connectivity index (χ3v) is 6.01. The molecular weight excluding hydrogens is 318 g/mol. The highest BCUT2D eigenvalue weighted by Crippen LogP contribution is 2.19. The molecule has 24 heavy (non-hydrogen) atoms. The van der Waals surface area contributed by atoms with E-state index in [0.717, 1.165) is 43.5 Å². The van der Waals surface area contributed by atoms with Crippen molar-refractivity contribution >= 4 is 17.3 Å². The summed E-state index contributed by atoms with van der Waals surface area (Å²) in [6.07, 6.45) is 6.63. The minimum absolute atomic E-state index is 0.602. The average molecular weight is 350 g/mol. The van der Waals surface area contributed by atoms with E-state index in [2.05, 4.69) is 34.1 Å². The maximum Gasteiger partial charge on any atom is 0.169 e. The zero-order valence-corrected chi connectivity index (χ0v) is 16.2. The fraction of sp³-hybridized carbons (Fsp3) is 0.778. The minimum atomic E-state index is 0.602. The largest absolute Gasteiger partial charge is 0.360 e. The summed E-state index contributed by atoms with van der Waals surface area (Å²) < 4.78 is 1.99. The van der Waals surface area contributed by atoms with E-state index >= 15 is 0 Å². The van der Waals surface area contributed by atoms with Gasteiger partial charge in [0.25, 0.3) is 0 Å². The number of nitrogens with one attached hydrogen (secondary N) is 1. The Balaban J connectivity index is 1.47. The normalized spacial score (nSPS) is 20.4. The Bertz CT molecular complexity index is 568. The molecule has 0 bridgehead atoms. The van der Waals surface area contributed by atoms with Crippen molar-refractivity contribution in [3.63, 3.8) is 0 Å². The molecule has 1 saturated heterocycles. The lowest BCUT2D eigenvalue weighted by atomic mass is 9.96. The predicted octanol–water partition coefficient (Wildman–Crippen LogP) is 2.36. The molecule has 0 spiro atoms. The molecule has 2 fully saturated rings.